The van der Waals surface area contributed by atoms with E-state index >= 15 is 0 Å². The molecule has 1 aliphatic heterocycles. The molecule has 0 spiro atoms. The number of hydrogen-bond acceptors (Lipinski definition) is 2. The fraction of sp³-hybridized carbons (Fsp3) is 0.316. The zero-order valence-electron chi connectivity index (χ0n) is 13.1. The predicted octanol–water partition coefficient (Wildman–Crippen LogP) is 0.722. The Morgan fingerprint density at radius 2 is 1.57 bits per heavy atom. The van der Waals surface area contributed by atoms with Gasteiger partial charge in [0.05, 0.1) is 28.7 Å². The van der Waals surface area contributed by atoms with Gasteiger partial charge in [-0.25, -0.2) is 0 Å². The highest BCUT2D eigenvalue weighted by molar-refractivity contribution is 6.02. The number of aliphatic imine (C=N–C) groups is 1. The molecular weight excluding hydrogens is 306 g/mol. The Kier molecular flexibility index (Phi) is 4.99. The molecule has 2 aromatic carbocycles. The lowest BCUT2D eigenvalue weighted by Crippen LogP contribution is -3.00. The van der Waals surface area contributed by atoms with Crippen molar-refractivity contribution in [3.63, 3.8) is 0 Å². The van der Waals surface area contributed by atoms with Gasteiger partial charge in [0.2, 0.25) is 5.84 Å². The van der Waals surface area contributed by atoms with Crippen LogP contribution in [0.5, 0.6) is 0 Å². The topological polar surface area (TPSA) is 41.0 Å². The van der Waals surface area contributed by atoms with Crippen LogP contribution in [0.2, 0.25) is 0 Å². The molecule has 3 N–H and O–H groups in total. The van der Waals surface area contributed by atoms with E-state index in [0.29, 0.717) is 6.04 Å². The first kappa shape index (κ1) is 16.0. The van der Waals surface area contributed by atoms with Crippen molar-refractivity contribution >= 4 is 22.9 Å². The summed E-state index contributed by atoms with van der Waals surface area (Å²) in [7, 11) is 0. The third kappa shape index (κ3) is 3.41. The Morgan fingerprint density at radius 3 is 2.39 bits per heavy atom. The Bertz CT molecular complexity index is 705. The van der Waals surface area contributed by atoms with Crippen molar-refractivity contribution in [3.05, 3.63) is 54.1 Å². The summed E-state index contributed by atoms with van der Waals surface area (Å²) in [4.78, 5) is 4.97. The minimum atomic E-state index is 0. The van der Waals surface area contributed by atoms with Gasteiger partial charge in [-0.2, -0.15) is 4.99 Å². The molecule has 2 aromatic rings. The smallest absolute Gasteiger partial charge is 0.234 e. The quantitative estimate of drug-likeness (QED) is 0.796. The Hall–Kier alpha value is -1.84. The third-order valence-electron chi connectivity index (χ3n) is 4.66. The molecule has 1 saturated carbocycles. The number of hydrogen-bond donors (Lipinski definition) is 2. The summed E-state index contributed by atoms with van der Waals surface area (Å²) in [5.74, 6) is 1.12. The Balaban J connectivity index is 0.00000156. The van der Waals surface area contributed by atoms with E-state index in [0.717, 1.165) is 22.9 Å². The maximum atomic E-state index is 4.97. The summed E-state index contributed by atoms with van der Waals surface area (Å²) in [6.07, 6.45) is 6.69. The van der Waals surface area contributed by atoms with Crippen LogP contribution < -0.4 is 23.0 Å². The number of fused-ring (bicyclic) bond motifs is 2. The molecule has 1 aliphatic carbocycles. The number of nitrogens with one attached hydrogen (secondary N) is 1. The first-order chi connectivity index (χ1) is 10.9. The molecule has 0 aromatic heterocycles. The normalized spacial score (nSPS) is 17.0. The zero-order valence-corrected chi connectivity index (χ0v) is 13.9. The molecule has 0 radical (unpaired) electrons. The van der Waals surface area contributed by atoms with Gasteiger partial charge in [0.1, 0.15) is 0 Å². The molecule has 0 bridgehead atoms. The Morgan fingerprint density at radius 1 is 0.870 bits per heavy atom. The van der Waals surface area contributed by atoms with E-state index in [2.05, 4.69) is 59.2 Å². The molecule has 120 valence electrons. The third-order valence-corrected chi connectivity index (χ3v) is 4.66. The van der Waals surface area contributed by atoms with Crippen LogP contribution in [0.4, 0.5) is 17.1 Å². The molecule has 1 heterocycles. The van der Waals surface area contributed by atoms with Gasteiger partial charge >= 0.3 is 0 Å². The molecule has 1 fully saturated rings. The lowest BCUT2D eigenvalue weighted by Gasteiger charge is -2.20. The van der Waals surface area contributed by atoms with E-state index in [-0.39, 0.29) is 12.4 Å². The molecule has 2 aliphatic rings. The van der Waals surface area contributed by atoms with E-state index < -0.39 is 0 Å². The van der Waals surface area contributed by atoms with Crippen LogP contribution in [0.15, 0.2) is 53.5 Å². The average molecular weight is 328 g/mol. The van der Waals surface area contributed by atoms with Gasteiger partial charge < -0.3 is 17.7 Å². The second kappa shape index (κ2) is 7.16. The maximum Gasteiger partial charge on any atom is 0.234 e. The van der Waals surface area contributed by atoms with Gasteiger partial charge in [0.25, 0.3) is 0 Å². The minimum absolute atomic E-state index is 0. The molecule has 0 atom stereocenters. The molecule has 4 heteroatoms. The molecule has 3 nitrogen and oxygen atoms in total. The van der Waals surface area contributed by atoms with Crippen molar-refractivity contribution in [3.8, 4) is 0 Å². The molecular formula is C19H22ClN3. The van der Waals surface area contributed by atoms with Crippen LogP contribution in [0.1, 0.15) is 37.7 Å². The first-order valence-corrected chi connectivity index (χ1v) is 8.29. The van der Waals surface area contributed by atoms with Crippen molar-refractivity contribution in [1.29, 1.82) is 0 Å². The largest absolute Gasteiger partial charge is 1.00 e. The number of amidine groups is 1. The van der Waals surface area contributed by atoms with Crippen molar-refractivity contribution in [2.45, 2.75) is 38.1 Å². The lowest BCUT2D eigenvalue weighted by atomic mass is 9.95. The molecule has 23 heavy (non-hydrogen) atoms. The van der Waals surface area contributed by atoms with Gasteiger partial charge in [-0.1, -0.05) is 30.7 Å². The number of quaternary nitrogens is 1. The van der Waals surface area contributed by atoms with Crippen LogP contribution in [0.25, 0.3) is 0 Å². The molecule has 4 rings (SSSR count). The van der Waals surface area contributed by atoms with Crippen molar-refractivity contribution in [2.24, 2.45) is 4.99 Å². The Labute approximate surface area is 143 Å². The standard InChI is InChI=1S/C19H21N3.ClH/c1-2-8-14(9-3-1)20-19-15-10-4-5-11-16(15)21-17-12-6-7-13-18(17)22-19;/h4-7,10-14,21H,1-3,8-9H2,(H,20,22);1H. The van der Waals surface area contributed by atoms with Gasteiger partial charge in [0, 0.05) is 0 Å². The van der Waals surface area contributed by atoms with Crippen LogP contribution >= 0.6 is 0 Å². The van der Waals surface area contributed by atoms with Gasteiger partial charge in [-0.15, -0.1) is 0 Å². The highest BCUT2D eigenvalue weighted by Crippen LogP contribution is 2.32. The van der Waals surface area contributed by atoms with Crippen molar-refractivity contribution in [2.75, 3.05) is 5.32 Å². The fourth-order valence-corrected chi connectivity index (χ4v) is 3.48. The van der Waals surface area contributed by atoms with Crippen LogP contribution in [0, 0.1) is 0 Å². The SMILES string of the molecule is [Cl-].c1ccc2c(c1)N=C([NH2+]C1CCCCC1)c1ccccc1N2. The summed E-state index contributed by atoms with van der Waals surface area (Å²) >= 11 is 0. The number of nitrogens with zero attached hydrogens (tertiary/aromatic N) is 1. The van der Waals surface area contributed by atoms with Crippen molar-refractivity contribution in [1.82, 2.24) is 0 Å². The van der Waals surface area contributed by atoms with E-state index in [4.69, 9.17) is 4.99 Å². The van der Waals surface area contributed by atoms with E-state index in [1.165, 1.54) is 37.7 Å². The summed E-state index contributed by atoms with van der Waals surface area (Å²) < 4.78 is 0. The van der Waals surface area contributed by atoms with Gasteiger partial charge in [-0.05, 0) is 49.9 Å². The summed E-state index contributed by atoms with van der Waals surface area (Å²) in [5.41, 5.74) is 4.48. The summed E-state index contributed by atoms with van der Waals surface area (Å²) in [6, 6.07) is 17.5. The number of halogens is 1. The van der Waals surface area contributed by atoms with Crippen molar-refractivity contribution < 1.29 is 17.7 Å². The van der Waals surface area contributed by atoms with Gasteiger partial charge in [-0.3, -0.25) is 5.32 Å². The number of anilines is 2. The molecule has 0 unspecified atom stereocenters. The predicted molar refractivity (Wildman–Crippen MR) is 91.2 cm³/mol. The maximum absolute atomic E-state index is 4.97. The highest BCUT2D eigenvalue weighted by Gasteiger charge is 2.24. The number of para-hydroxylation sites is 3. The van der Waals surface area contributed by atoms with Gasteiger partial charge in [0.15, 0.2) is 0 Å². The van der Waals surface area contributed by atoms with E-state index in [1.807, 2.05) is 0 Å². The summed E-state index contributed by atoms with van der Waals surface area (Å²) in [6.45, 7) is 0. The minimum Gasteiger partial charge on any atom is -1.00 e. The van der Waals surface area contributed by atoms with Crippen LogP contribution in [-0.4, -0.2) is 11.9 Å². The average Bonchev–Trinajstić information content (AvgIpc) is 2.72. The van der Waals surface area contributed by atoms with E-state index in [1.54, 1.807) is 0 Å². The molecule has 0 amide bonds. The highest BCUT2D eigenvalue weighted by atomic mass is 35.5. The monoisotopic (exact) mass is 327 g/mol. The van der Waals surface area contributed by atoms with E-state index in [9.17, 15) is 0 Å². The zero-order chi connectivity index (χ0) is 14.8. The second-order valence-corrected chi connectivity index (χ2v) is 6.25. The number of rotatable bonds is 1. The van der Waals surface area contributed by atoms with Crippen LogP contribution in [-0.2, 0) is 0 Å². The number of benzene rings is 2. The van der Waals surface area contributed by atoms with Crippen LogP contribution in [0.3, 0.4) is 0 Å². The number of nitrogens with two attached hydrogens (primary N) is 1. The lowest BCUT2D eigenvalue weighted by molar-refractivity contribution is -0.583. The molecule has 0 saturated heterocycles. The fourth-order valence-electron chi connectivity index (χ4n) is 3.48. The summed E-state index contributed by atoms with van der Waals surface area (Å²) in [5, 5.41) is 5.94. The first-order valence-electron chi connectivity index (χ1n) is 8.29. The second-order valence-electron chi connectivity index (χ2n) is 6.25.